The molecule has 0 bridgehead atoms. The number of hydrogen-bond donors (Lipinski definition) is 2. The first kappa shape index (κ1) is 17.1. The zero-order valence-electron chi connectivity index (χ0n) is 14.2. The molecule has 1 saturated carbocycles. The van der Waals surface area contributed by atoms with Gasteiger partial charge in [-0.3, -0.25) is 4.79 Å². The summed E-state index contributed by atoms with van der Waals surface area (Å²) in [6.45, 7) is 5.96. The van der Waals surface area contributed by atoms with E-state index in [1.165, 1.54) is 19.3 Å². The average Bonchev–Trinajstić information content (AvgIpc) is 2.52. The van der Waals surface area contributed by atoms with E-state index in [1.54, 1.807) is 6.20 Å². The molecule has 2 N–H and O–H groups in total. The number of anilines is 1. The van der Waals surface area contributed by atoms with Crippen molar-refractivity contribution in [1.29, 1.82) is 5.26 Å². The van der Waals surface area contributed by atoms with Crippen LogP contribution in [0, 0.1) is 32.1 Å². The Morgan fingerprint density at radius 3 is 2.35 bits per heavy atom. The van der Waals surface area contributed by atoms with Crippen molar-refractivity contribution in [3.8, 4) is 6.07 Å². The van der Waals surface area contributed by atoms with Crippen LogP contribution in [0.15, 0.2) is 23.9 Å². The normalized spacial score (nSPS) is 15.8. The maximum absolute atomic E-state index is 12.4. The molecule has 23 heavy (non-hydrogen) atoms. The van der Waals surface area contributed by atoms with Crippen LogP contribution in [0.3, 0.4) is 0 Å². The third-order valence-corrected chi connectivity index (χ3v) is 4.35. The van der Waals surface area contributed by atoms with Crippen molar-refractivity contribution in [3.63, 3.8) is 0 Å². The second-order valence-electron chi connectivity index (χ2n) is 6.40. The maximum atomic E-state index is 12.4. The quantitative estimate of drug-likeness (QED) is 0.655. The van der Waals surface area contributed by atoms with Gasteiger partial charge in [-0.05, 0) is 44.7 Å². The lowest BCUT2D eigenvalue weighted by atomic mass is 9.96. The maximum Gasteiger partial charge on any atom is 0.267 e. The predicted molar refractivity (Wildman–Crippen MR) is 93.0 cm³/mol. The molecule has 0 heterocycles. The third kappa shape index (κ3) is 4.59. The molecule has 0 aromatic heterocycles. The van der Waals surface area contributed by atoms with Gasteiger partial charge in [0.05, 0.1) is 0 Å². The molecule has 0 spiro atoms. The first-order chi connectivity index (χ1) is 11.0. The molecule has 0 radical (unpaired) electrons. The Morgan fingerprint density at radius 2 is 1.78 bits per heavy atom. The summed E-state index contributed by atoms with van der Waals surface area (Å²) in [4.78, 5) is 12.4. The summed E-state index contributed by atoms with van der Waals surface area (Å²) in [5, 5.41) is 15.4. The summed E-state index contributed by atoms with van der Waals surface area (Å²) in [7, 11) is 0. The molecule has 0 aliphatic heterocycles. The number of nitrogens with one attached hydrogen (secondary N) is 2. The Labute approximate surface area is 138 Å². The molecule has 1 aromatic rings. The van der Waals surface area contributed by atoms with Gasteiger partial charge in [0.25, 0.3) is 5.91 Å². The second kappa shape index (κ2) is 7.82. The summed E-state index contributed by atoms with van der Waals surface area (Å²) < 4.78 is 0. The zero-order valence-corrected chi connectivity index (χ0v) is 14.2. The summed E-state index contributed by atoms with van der Waals surface area (Å²) in [5.41, 5.74) is 4.09. The van der Waals surface area contributed by atoms with Gasteiger partial charge in [-0.15, -0.1) is 0 Å². The van der Waals surface area contributed by atoms with Gasteiger partial charge in [-0.25, -0.2) is 0 Å². The van der Waals surface area contributed by atoms with Crippen molar-refractivity contribution in [2.24, 2.45) is 0 Å². The summed E-state index contributed by atoms with van der Waals surface area (Å²) >= 11 is 0. The van der Waals surface area contributed by atoms with Gasteiger partial charge in [0.15, 0.2) is 0 Å². The molecule has 122 valence electrons. The lowest BCUT2D eigenvalue weighted by Crippen LogP contribution is -2.28. The minimum atomic E-state index is -0.356. The topological polar surface area (TPSA) is 64.9 Å². The molecule has 0 saturated heterocycles. The molecular formula is C19H25N3O. The summed E-state index contributed by atoms with van der Waals surface area (Å²) in [5.74, 6) is -0.356. The van der Waals surface area contributed by atoms with Gasteiger partial charge in [0, 0.05) is 17.9 Å². The Kier molecular flexibility index (Phi) is 5.81. The molecule has 1 aliphatic carbocycles. The molecule has 1 aromatic carbocycles. The lowest BCUT2D eigenvalue weighted by Gasteiger charge is -2.21. The Morgan fingerprint density at radius 1 is 1.17 bits per heavy atom. The monoisotopic (exact) mass is 311 g/mol. The van der Waals surface area contributed by atoms with E-state index < -0.39 is 0 Å². The Hall–Kier alpha value is -2.28. The van der Waals surface area contributed by atoms with Gasteiger partial charge in [-0.2, -0.15) is 5.26 Å². The number of nitrogens with zero attached hydrogens (tertiary/aromatic N) is 1. The van der Waals surface area contributed by atoms with E-state index in [1.807, 2.05) is 39.0 Å². The van der Waals surface area contributed by atoms with Crippen LogP contribution in [-0.4, -0.2) is 11.9 Å². The van der Waals surface area contributed by atoms with Crippen molar-refractivity contribution >= 4 is 11.6 Å². The standard InChI is InChI=1S/C19H25N3O/c1-13-9-14(2)18(15(3)10-13)22-19(23)16(11-20)12-21-17-7-5-4-6-8-17/h9-10,12,17,21H,4-8H2,1-3H3,(H,22,23)/b16-12-. The number of aryl methyl sites for hydroxylation is 3. The number of rotatable bonds is 4. The fourth-order valence-corrected chi connectivity index (χ4v) is 3.18. The van der Waals surface area contributed by atoms with Crippen molar-refractivity contribution in [2.75, 3.05) is 5.32 Å². The zero-order chi connectivity index (χ0) is 16.8. The number of benzene rings is 1. The highest BCUT2D eigenvalue weighted by Gasteiger charge is 2.15. The first-order valence-electron chi connectivity index (χ1n) is 8.26. The number of hydrogen-bond acceptors (Lipinski definition) is 3. The van der Waals surface area contributed by atoms with E-state index in [-0.39, 0.29) is 11.5 Å². The highest BCUT2D eigenvalue weighted by Crippen LogP contribution is 2.22. The Balaban J connectivity index is 2.07. The minimum Gasteiger partial charge on any atom is -0.387 e. The molecule has 0 unspecified atom stereocenters. The van der Waals surface area contributed by atoms with Gasteiger partial charge in [0.1, 0.15) is 11.6 Å². The number of carbonyl (C=O) groups excluding carboxylic acids is 1. The van der Waals surface area contributed by atoms with Crippen LogP contribution < -0.4 is 10.6 Å². The van der Waals surface area contributed by atoms with E-state index >= 15 is 0 Å². The van der Waals surface area contributed by atoms with E-state index in [4.69, 9.17) is 0 Å². The van der Waals surface area contributed by atoms with Gasteiger partial charge in [-0.1, -0.05) is 37.0 Å². The highest BCUT2D eigenvalue weighted by molar-refractivity contribution is 6.07. The SMILES string of the molecule is Cc1cc(C)c(NC(=O)/C(C#N)=C\NC2CCCCC2)c(C)c1. The van der Waals surface area contributed by atoms with Crippen LogP contribution in [0.2, 0.25) is 0 Å². The van der Waals surface area contributed by atoms with E-state index in [9.17, 15) is 10.1 Å². The van der Waals surface area contributed by atoms with Crippen LogP contribution in [0.4, 0.5) is 5.69 Å². The molecule has 0 atom stereocenters. The molecule has 1 aliphatic rings. The Bertz CT molecular complexity index is 626. The van der Waals surface area contributed by atoms with Crippen molar-refractivity contribution < 1.29 is 4.79 Å². The molecule has 1 fully saturated rings. The summed E-state index contributed by atoms with van der Waals surface area (Å²) in [6, 6.07) is 6.43. The van der Waals surface area contributed by atoms with Crippen LogP contribution in [0.1, 0.15) is 48.8 Å². The fraction of sp³-hybridized carbons (Fsp3) is 0.474. The van der Waals surface area contributed by atoms with Gasteiger partial charge < -0.3 is 10.6 Å². The van der Waals surface area contributed by atoms with Crippen molar-refractivity contribution in [1.82, 2.24) is 5.32 Å². The molecule has 2 rings (SSSR count). The van der Waals surface area contributed by atoms with Crippen molar-refractivity contribution in [3.05, 3.63) is 40.6 Å². The molecule has 4 nitrogen and oxygen atoms in total. The number of amides is 1. The third-order valence-electron chi connectivity index (χ3n) is 4.35. The molecule has 4 heteroatoms. The van der Waals surface area contributed by atoms with Crippen LogP contribution >= 0.6 is 0 Å². The average molecular weight is 311 g/mol. The highest BCUT2D eigenvalue weighted by atomic mass is 16.1. The van der Waals surface area contributed by atoms with Crippen LogP contribution in [0.25, 0.3) is 0 Å². The minimum absolute atomic E-state index is 0.120. The summed E-state index contributed by atoms with van der Waals surface area (Å²) in [6.07, 6.45) is 7.48. The van der Waals surface area contributed by atoms with E-state index in [2.05, 4.69) is 10.6 Å². The molecule has 1 amide bonds. The first-order valence-corrected chi connectivity index (χ1v) is 8.26. The van der Waals surface area contributed by atoms with E-state index in [0.717, 1.165) is 35.2 Å². The van der Waals surface area contributed by atoms with Crippen LogP contribution in [0.5, 0.6) is 0 Å². The van der Waals surface area contributed by atoms with Gasteiger partial charge >= 0.3 is 0 Å². The van der Waals surface area contributed by atoms with Crippen LogP contribution in [-0.2, 0) is 4.79 Å². The van der Waals surface area contributed by atoms with Crippen molar-refractivity contribution in [2.45, 2.75) is 58.9 Å². The predicted octanol–water partition coefficient (Wildman–Crippen LogP) is 3.88. The number of carbonyl (C=O) groups is 1. The number of nitriles is 1. The van der Waals surface area contributed by atoms with Gasteiger partial charge in [0.2, 0.25) is 0 Å². The second-order valence-corrected chi connectivity index (χ2v) is 6.40. The fourth-order valence-electron chi connectivity index (χ4n) is 3.18. The molecular weight excluding hydrogens is 286 g/mol. The lowest BCUT2D eigenvalue weighted by molar-refractivity contribution is -0.112. The smallest absolute Gasteiger partial charge is 0.267 e. The van der Waals surface area contributed by atoms with E-state index in [0.29, 0.717) is 6.04 Å². The largest absolute Gasteiger partial charge is 0.387 e.